The molecule has 3 aromatic carbocycles. The van der Waals surface area contributed by atoms with Crippen LogP contribution in [-0.4, -0.2) is 17.7 Å². The van der Waals surface area contributed by atoms with Gasteiger partial charge in [-0.15, -0.1) is 0 Å². The molecule has 4 aromatic rings. The van der Waals surface area contributed by atoms with Crippen molar-refractivity contribution in [1.82, 2.24) is 0 Å². The van der Waals surface area contributed by atoms with Gasteiger partial charge >= 0.3 is 0 Å². The van der Waals surface area contributed by atoms with E-state index < -0.39 is 6.04 Å². The average Bonchev–Trinajstić information content (AvgIpc) is 3.56. The normalized spacial score (nSPS) is 12.6. The molecule has 0 bridgehead atoms. The molecule has 2 atom stereocenters. The van der Waals surface area contributed by atoms with Gasteiger partial charge in [0.25, 0.3) is 5.91 Å². The molecule has 226 valence electrons. The highest BCUT2D eigenvalue weighted by atomic mass is 16.3. The Balaban J connectivity index is 1.56. The summed E-state index contributed by atoms with van der Waals surface area (Å²) in [6.07, 6.45) is 10.3. The van der Waals surface area contributed by atoms with Crippen LogP contribution in [0.25, 0.3) is 0 Å². The quantitative estimate of drug-likeness (QED) is 0.130. The summed E-state index contributed by atoms with van der Waals surface area (Å²) in [5, 5.41) is 3.05. The van der Waals surface area contributed by atoms with Crippen molar-refractivity contribution in [2.75, 3.05) is 5.32 Å². The van der Waals surface area contributed by atoms with Crippen molar-refractivity contribution in [3.63, 3.8) is 0 Å². The molecule has 1 heterocycles. The van der Waals surface area contributed by atoms with Gasteiger partial charge < -0.3 is 15.5 Å². The first-order valence-electron chi connectivity index (χ1n) is 15.8. The second kappa shape index (κ2) is 16.0. The summed E-state index contributed by atoms with van der Waals surface area (Å²) in [5.74, 6) is 0.00309. The van der Waals surface area contributed by atoms with Gasteiger partial charge in [-0.05, 0) is 104 Å². The highest BCUT2D eigenvalue weighted by Crippen LogP contribution is 2.34. The van der Waals surface area contributed by atoms with E-state index in [-0.39, 0.29) is 23.4 Å². The van der Waals surface area contributed by atoms with Crippen LogP contribution in [-0.2, 0) is 19.3 Å². The van der Waals surface area contributed by atoms with Crippen LogP contribution in [0.4, 0.5) is 5.69 Å². The zero-order chi connectivity index (χ0) is 30.6. The number of carbonyl (C=O) groups is 2. The maximum absolute atomic E-state index is 13.6. The third-order valence-corrected chi connectivity index (χ3v) is 8.27. The van der Waals surface area contributed by atoms with E-state index >= 15 is 0 Å². The van der Waals surface area contributed by atoms with Crippen LogP contribution < -0.4 is 11.1 Å². The summed E-state index contributed by atoms with van der Waals surface area (Å²) in [7, 11) is 0. The van der Waals surface area contributed by atoms with E-state index in [1.807, 2.05) is 24.3 Å². The Hall–Kier alpha value is -3.96. The van der Waals surface area contributed by atoms with Crippen LogP contribution in [0.1, 0.15) is 107 Å². The van der Waals surface area contributed by atoms with Gasteiger partial charge in [-0.1, -0.05) is 87.4 Å². The molecular formula is C38H46N2O3. The lowest BCUT2D eigenvalue weighted by Gasteiger charge is -2.22. The van der Waals surface area contributed by atoms with Gasteiger partial charge in [-0.3, -0.25) is 9.59 Å². The van der Waals surface area contributed by atoms with Crippen LogP contribution >= 0.6 is 0 Å². The number of ketones is 1. The smallest absolute Gasteiger partial charge is 0.291 e. The van der Waals surface area contributed by atoms with Crippen molar-refractivity contribution in [3.05, 3.63) is 124 Å². The Bertz CT molecular complexity index is 1470. The summed E-state index contributed by atoms with van der Waals surface area (Å²) >= 11 is 0. The Labute approximate surface area is 256 Å². The first-order chi connectivity index (χ1) is 20.9. The topological polar surface area (TPSA) is 85.3 Å². The molecule has 0 saturated carbocycles. The van der Waals surface area contributed by atoms with Crippen molar-refractivity contribution in [3.8, 4) is 0 Å². The molecule has 0 aliphatic heterocycles. The minimum absolute atomic E-state index is 0.134. The fourth-order valence-corrected chi connectivity index (χ4v) is 5.85. The Morgan fingerprint density at radius 3 is 2.40 bits per heavy atom. The van der Waals surface area contributed by atoms with E-state index in [1.165, 1.54) is 23.0 Å². The van der Waals surface area contributed by atoms with Gasteiger partial charge in [0.15, 0.2) is 11.5 Å². The summed E-state index contributed by atoms with van der Waals surface area (Å²) in [6.45, 7) is 6.53. The molecule has 0 aliphatic rings. The fraction of sp³-hybridized carbons (Fsp3) is 0.368. The third kappa shape index (κ3) is 9.01. The second-order valence-corrected chi connectivity index (χ2v) is 11.6. The summed E-state index contributed by atoms with van der Waals surface area (Å²) in [5.41, 5.74) is 13.7. The first kappa shape index (κ1) is 32.0. The predicted molar refractivity (Wildman–Crippen MR) is 176 cm³/mol. The van der Waals surface area contributed by atoms with Crippen molar-refractivity contribution in [2.24, 2.45) is 5.73 Å². The van der Waals surface area contributed by atoms with Gasteiger partial charge in [0.05, 0.1) is 12.3 Å². The Morgan fingerprint density at radius 1 is 0.837 bits per heavy atom. The zero-order valence-corrected chi connectivity index (χ0v) is 25.9. The Kier molecular flexibility index (Phi) is 11.9. The van der Waals surface area contributed by atoms with Gasteiger partial charge in [0.1, 0.15) is 0 Å². The van der Waals surface area contributed by atoms with E-state index in [2.05, 4.69) is 62.5 Å². The molecule has 1 aromatic heterocycles. The van der Waals surface area contributed by atoms with Gasteiger partial charge in [-0.2, -0.15) is 0 Å². The number of Topliss-reactive ketones (excluding diaryl/α,β-unsaturated/α-hetero) is 1. The van der Waals surface area contributed by atoms with Crippen molar-refractivity contribution in [1.29, 1.82) is 0 Å². The highest BCUT2D eigenvalue weighted by molar-refractivity contribution is 6.05. The molecule has 5 nitrogen and oxygen atoms in total. The number of anilines is 1. The number of nitrogens with one attached hydrogen (secondary N) is 1. The standard InChI is InChI=1S/C38H46N2O3/c1-4-6-14-28-15-9-16-29(24-28)25-34(39)37(41)32-21-22-33(35(26-32)40-38(42)36-20-11-23-43-36)31(12-5-2)19-10-18-30-17-8-7-13-27(30)3/h7-9,11,13,15-17,20-24,26,31,34H,4-6,10,12,14,18-19,25,39H2,1-3H3,(H,40,42). The fourth-order valence-electron chi connectivity index (χ4n) is 5.85. The lowest BCUT2D eigenvalue weighted by atomic mass is 9.86. The van der Waals surface area contributed by atoms with E-state index in [4.69, 9.17) is 10.2 Å². The largest absolute Gasteiger partial charge is 0.459 e. The number of nitrogens with two attached hydrogens (primary N) is 1. The second-order valence-electron chi connectivity index (χ2n) is 11.6. The molecule has 0 fully saturated rings. The monoisotopic (exact) mass is 578 g/mol. The molecule has 0 radical (unpaired) electrons. The molecule has 0 saturated heterocycles. The van der Waals surface area contributed by atoms with E-state index in [1.54, 1.807) is 18.2 Å². The SMILES string of the molecule is CCCCc1cccc(CC(N)C(=O)c2ccc(C(CCC)CCCc3ccccc3C)c(NC(=O)c3ccco3)c2)c1. The summed E-state index contributed by atoms with van der Waals surface area (Å²) in [6, 6.07) is 25.2. The van der Waals surface area contributed by atoms with Crippen LogP contribution in [0.2, 0.25) is 0 Å². The number of unbranched alkanes of at least 4 members (excludes halogenated alkanes) is 1. The third-order valence-electron chi connectivity index (χ3n) is 8.27. The number of hydrogen-bond acceptors (Lipinski definition) is 4. The van der Waals surface area contributed by atoms with Crippen LogP contribution in [0, 0.1) is 6.92 Å². The lowest BCUT2D eigenvalue weighted by molar-refractivity contribution is 0.0958. The maximum atomic E-state index is 13.6. The van der Waals surface area contributed by atoms with E-state index in [9.17, 15) is 9.59 Å². The number of benzene rings is 3. The molecule has 4 rings (SSSR count). The van der Waals surface area contributed by atoms with E-state index in [0.29, 0.717) is 17.7 Å². The number of carbonyl (C=O) groups excluding carboxylic acids is 2. The van der Waals surface area contributed by atoms with E-state index in [0.717, 1.165) is 62.5 Å². The number of furan rings is 1. The molecular weight excluding hydrogens is 532 g/mol. The lowest BCUT2D eigenvalue weighted by Crippen LogP contribution is -2.33. The molecule has 2 unspecified atom stereocenters. The van der Waals surface area contributed by atoms with Gasteiger partial charge in [0.2, 0.25) is 0 Å². The summed E-state index contributed by atoms with van der Waals surface area (Å²) in [4.78, 5) is 26.7. The highest BCUT2D eigenvalue weighted by Gasteiger charge is 2.22. The van der Waals surface area contributed by atoms with Crippen molar-refractivity contribution >= 4 is 17.4 Å². The van der Waals surface area contributed by atoms with Crippen LogP contribution in [0.5, 0.6) is 0 Å². The van der Waals surface area contributed by atoms with Crippen LogP contribution in [0.3, 0.4) is 0 Å². The van der Waals surface area contributed by atoms with Gasteiger partial charge in [0, 0.05) is 11.3 Å². The molecule has 5 heteroatoms. The minimum Gasteiger partial charge on any atom is -0.459 e. The zero-order valence-electron chi connectivity index (χ0n) is 25.9. The average molecular weight is 579 g/mol. The number of amides is 1. The maximum Gasteiger partial charge on any atom is 0.291 e. The molecule has 43 heavy (non-hydrogen) atoms. The molecule has 3 N–H and O–H groups in total. The molecule has 1 amide bonds. The van der Waals surface area contributed by atoms with Crippen molar-refractivity contribution < 1.29 is 14.0 Å². The summed E-state index contributed by atoms with van der Waals surface area (Å²) < 4.78 is 5.36. The predicted octanol–water partition coefficient (Wildman–Crippen LogP) is 8.84. The number of rotatable bonds is 16. The number of aryl methyl sites for hydroxylation is 3. The molecule has 0 spiro atoms. The molecule has 0 aliphatic carbocycles. The first-order valence-corrected chi connectivity index (χ1v) is 15.8. The Morgan fingerprint density at radius 2 is 1.65 bits per heavy atom. The van der Waals surface area contributed by atoms with Crippen molar-refractivity contribution in [2.45, 2.75) is 90.5 Å². The number of hydrogen-bond donors (Lipinski definition) is 2. The minimum atomic E-state index is -0.679. The van der Waals surface area contributed by atoms with Gasteiger partial charge in [-0.25, -0.2) is 0 Å². The van der Waals surface area contributed by atoms with Crippen LogP contribution in [0.15, 0.2) is 89.5 Å².